The van der Waals surface area contributed by atoms with Gasteiger partial charge in [-0.05, 0) is 31.3 Å². The largest absolute Gasteiger partial charge is 0.491 e. The van der Waals surface area contributed by atoms with Crippen molar-refractivity contribution in [3.8, 4) is 5.75 Å². The second-order valence-electron chi connectivity index (χ2n) is 4.79. The van der Waals surface area contributed by atoms with Crippen LogP contribution in [0, 0.1) is 0 Å². The van der Waals surface area contributed by atoms with Crippen LogP contribution in [0.1, 0.15) is 5.56 Å². The van der Waals surface area contributed by atoms with E-state index in [9.17, 15) is 23.1 Å². The van der Waals surface area contributed by atoms with Gasteiger partial charge >= 0.3 is 6.18 Å². The molecule has 0 spiro atoms. The molecule has 23 heavy (non-hydrogen) atoms. The van der Waals surface area contributed by atoms with Crippen LogP contribution in [0.5, 0.6) is 5.75 Å². The summed E-state index contributed by atoms with van der Waals surface area (Å²) in [5.41, 5.74) is -0.766. The number of nitrogens with one attached hydrogen (secondary N) is 1. The number of benzene rings is 1. The average Bonchev–Trinajstić information content (AvgIpc) is 2.45. The molecule has 1 unspecified atom stereocenters. The van der Waals surface area contributed by atoms with Gasteiger partial charge in [-0.15, -0.1) is 12.4 Å². The smallest absolute Gasteiger partial charge is 0.416 e. The molecular formula is C14H20ClF3N2O3. The molecule has 0 aliphatic heterocycles. The fourth-order valence-corrected chi connectivity index (χ4v) is 1.69. The van der Waals surface area contributed by atoms with Crippen LogP contribution in [0.4, 0.5) is 13.2 Å². The summed E-state index contributed by atoms with van der Waals surface area (Å²) in [5, 5.41) is 12.5. The molecular weight excluding hydrogens is 337 g/mol. The third-order valence-corrected chi connectivity index (χ3v) is 2.86. The highest BCUT2D eigenvalue weighted by Crippen LogP contribution is 2.30. The molecule has 132 valence electrons. The predicted molar refractivity (Wildman–Crippen MR) is 81.8 cm³/mol. The summed E-state index contributed by atoms with van der Waals surface area (Å²) < 4.78 is 42.4. The molecule has 1 aromatic carbocycles. The number of amides is 1. The van der Waals surface area contributed by atoms with Crippen molar-refractivity contribution in [2.45, 2.75) is 12.3 Å². The summed E-state index contributed by atoms with van der Waals surface area (Å²) in [7, 11) is 3.18. The summed E-state index contributed by atoms with van der Waals surface area (Å²) in [4.78, 5) is 12.8. The Morgan fingerprint density at radius 3 is 2.39 bits per heavy atom. The van der Waals surface area contributed by atoms with E-state index in [1.807, 2.05) is 0 Å². The normalized spacial score (nSPS) is 12.3. The minimum atomic E-state index is -4.39. The van der Waals surface area contributed by atoms with Crippen LogP contribution in [0.3, 0.4) is 0 Å². The first-order chi connectivity index (χ1) is 10.2. The van der Waals surface area contributed by atoms with Crippen molar-refractivity contribution in [3.63, 3.8) is 0 Å². The van der Waals surface area contributed by atoms with Gasteiger partial charge < -0.3 is 20.1 Å². The molecule has 0 bridgehead atoms. The van der Waals surface area contributed by atoms with E-state index in [1.54, 1.807) is 14.1 Å². The molecule has 9 heteroatoms. The first kappa shape index (κ1) is 21.5. The summed E-state index contributed by atoms with van der Waals surface area (Å²) in [6.45, 7) is 0.104. The van der Waals surface area contributed by atoms with Gasteiger partial charge in [0.05, 0.1) is 12.1 Å². The molecule has 0 aliphatic rings. The lowest BCUT2D eigenvalue weighted by atomic mass is 10.2. The van der Waals surface area contributed by atoms with Gasteiger partial charge in [0.2, 0.25) is 5.91 Å². The van der Waals surface area contributed by atoms with Crippen molar-refractivity contribution >= 4 is 18.3 Å². The zero-order valence-electron chi connectivity index (χ0n) is 12.8. The summed E-state index contributed by atoms with van der Waals surface area (Å²) in [5.74, 6) is 0.0346. The zero-order valence-corrected chi connectivity index (χ0v) is 13.6. The van der Waals surface area contributed by atoms with Gasteiger partial charge in [-0.25, -0.2) is 0 Å². The lowest BCUT2D eigenvalue weighted by Crippen LogP contribution is -2.40. The van der Waals surface area contributed by atoms with E-state index in [4.69, 9.17) is 4.74 Å². The van der Waals surface area contributed by atoms with Crippen LogP contribution in [-0.4, -0.2) is 55.8 Å². The van der Waals surface area contributed by atoms with Crippen molar-refractivity contribution in [2.75, 3.05) is 33.8 Å². The Hall–Kier alpha value is -1.51. The standard InChI is InChI=1S/C14H19F3N2O3.ClH/c1-18-7-13(21)19(2)8-11(20)9-22-12-5-3-10(4-6-12)14(15,16)17;/h3-6,11,18,20H,7-9H2,1-2H3;1H. The van der Waals surface area contributed by atoms with Crippen molar-refractivity contribution < 1.29 is 27.8 Å². The number of rotatable bonds is 7. The minimum absolute atomic E-state index is 0. The third-order valence-electron chi connectivity index (χ3n) is 2.86. The number of aliphatic hydroxyl groups is 1. The average molecular weight is 357 g/mol. The highest BCUT2D eigenvalue weighted by Gasteiger charge is 2.30. The number of carbonyl (C=O) groups excluding carboxylic acids is 1. The third kappa shape index (κ3) is 7.54. The quantitative estimate of drug-likeness (QED) is 0.778. The molecule has 1 amide bonds. The van der Waals surface area contributed by atoms with Gasteiger partial charge in [-0.2, -0.15) is 13.2 Å². The maximum Gasteiger partial charge on any atom is 0.416 e. The SMILES string of the molecule is CNCC(=O)N(C)CC(O)COc1ccc(C(F)(F)F)cc1.Cl. The molecule has 0 aromatic heterocycles. The predicted octanol–water partition coefficient (Wildman–Crippen LogP) is 1.54. The van der Waals surface area contributed by atoms with Gasteiger partial charge in [0.25, 0.3) is 0 Å². The van der Waals surface area contributed by atoms with E-state index in [2.05, 4.69) is 5.32 Å². The molecule has 1 aromatic rings. The van der Waals surface area contributed by atoms with Crippen LogP contribution in [-0.2, 0) is 11.0 Å². The Labute approximate surface area is 138 Å². The van der Waals surface area contributed by atoms with Crippen LogP contribution in [0.15, 0.2) is 24.3 Å². The molecule has 2 N–H and O–H groups in total. The first-order valence-corrected chi connectivity index (χ1v) is 6.60. The number of hydrogen-bond acceptors (Lipinski definition) is 4. The number of ether oxygens (including phenoxy) is 1. The number of carbonyl (C=O) groups is 1. The highest BCUT2D eigenvalue weighted by molar-refractivity contribution is 5.85. The summed E-state index contributed by atoms with van der Waals surface area (Å²) >= 11 is 0. The lowest BCUT2D eigenvalue weighted by Gasteiger charge is -2.21. The van der Waals surface area contributed by atoms with E-state index >= 15 is 0 Å². The van der Waals surface area contributed by atoms with Crippen molar-refractivity contribution in [2.24, 2.45) is 0 Å². The van der Waals surface area contributed by atoms with E-state index in [0.717, 1.165) is 12.1 Å². The van der Waals surface area contributed by atoms with Crippen molar-refractivity contribution in [3.05, 3.63) is 29.8 Å². The number of aliphatic hydroxyl groups excluding tert-OH is 1. The maximum atomic E-state index is 12.4. The van der Waals surface area contributed by atoms with Gasteiger partial charge in [-0.1, -0.05) is 0 Å². The Morgan fingerprint density at radius 1 is 1.35 bits per heavy atom. The van der Waals surface area contributed by atoms with Crippen molar-refractivity contribution in [1.29, 1.82) is 0 Å². The Bertz CT molecular complexity index is 483. The molecule has 0 radical (unpaired) electrons. The summed E-state index contributed by atoms with van der Waals surface area (Å²) in [6, 6.07) is 4.19. The van der Waals surface area contributed by atoms with Gasteiger partial charge in [-0.3, -0.25) is 4.79 Å². The summed E-state index contributed by atoms with van der Waals surface area (Å²) in [6.07, 6.45) is -5.33. The Kier molecular flexibility index (Phi) is 8.96. The Balaban J connectivity index is 0.00000484. The molecule has 0 saturated heterocycles. The number of halogens is 4. The number of alkyl halides is 3. The van der Waals surface area contributed by atoms with E-state index < -0.39 is 17.8 Å². The molecule has 0 fully saturated rings. The maximum absolute atomic E-state index is 12.4. The first-order valence-electron chi connectivity index (χ1n) is 6.60. The van der Waals surface area contributed by atoms with Crippen LogP contribution >= 0.6 is 12.4 Å². The molecule has 5 nitrogen and oxygen atoms in total. The number of likely N-dealkylation sites (N-methyl/N-ethyl adjacent to an activating group) is 2. The zero-order chi connectivity index (χ0) is 16.8. The number of hydrogen-bond donors (Lipinski definition) is 2. The molecule has 0 heterocycles. The lowest BCUT2D eigenvalue weighted by molar-refractivity contribution is -0.137. The minimum Gasteiger partial charge on any atom is -0.491 e. The topological polar surface area (TPSA) is 61.8 Å². The monoisotopic (exact) mass is 356 g/mol. The van der Waals surface area contributed by atoms with Gasteiger partial charge in [0.15, 0.2) is 0 Å². The second kappa shape index (κ2) is 9.59. The van der Waals surface area contributed by atoms with Gasteiger partial charge in [0, 0.05) is 13.6 Å². The van der Waals surface area contributed by atoms with Crippen LogP contribution < -0.4 is 10.1 Å². The van der Waals surface area contributed by atoms with E-state index in [1.165, 1.54) is 17.0 Å². The van der Waals surface area contributed by atoms with E-state index in [-0.39, 0.29) is 43.8 Å². The molecule has 0 saturated carbocycles. The molecule has 1 rings (SSSR count). The van der Waals surface area contributed by atoms with Gasteiger partial charge in [0.1, 0.15) is 18.5 Å². The second-order valence-corrected chi connectivity index (χ2v) is 4.79. The highest BCUT2D eigenvalue weighted by atomic mass is 35.5. The molecule has 0 aliphatic carbocycles. The van der Waals surface area contributed by atoms with Crippen LogP contribution in [0.25, 0.3) is 0 Å². The number of nitrogens with zero attached hydrogens (tertiary/aromatic N) is 1. The Morgan fingerprint density at radius 2 is 1.91 bits per heavy atom. The fraction of sp³-hybridized carbons (Fsp3) is 0.500. The van der Waals surface area contributed by atoms with Crippen molar-refractivity contribution in [1.82, 2.24) is 10.2 Å². The van der Waals surface area contributed by atoms with Crippen LogP contribution in [0.2, 0.25) is 0 Å². The molecule has 1 atom stereocenters. The van der Waals surface area contributed by atoms with E-state index in [0.29, 0.717) is 0 Å². The fourth-order valence-electron chi connectivity index (χ4n) is 1.69.